The SMILES string of the molecule is CCCS(=O)(=O)N1CC(NC)C1. The number of nitrogens with zero attached hydrogens (tertiary/aromatic N) is 1. The highest BCUT2D eigenvalue weighted by Gasteiger charge is 2.33. The van der Waals surface area contributed by atoms with Gasteiger partial charge in [0.05, 0.1) is 5.75 Å². The molecule has 12 heavy (non-hydrogen) atoms. The smallest absolute Gasteiger partial charge is 0.214 e. The molecule has 0 aromatic heterocycles. The highest BCUT2D eigenvalue weighted by molar-refractivity contribution is 7.89. The van der Waals surface area contributed by atoms with E-state index in [0.29, 0.717) is 25.6 Å². The highest BCUT2D eigenvalue weighted by atomic mass is 32.2. The Balaban J connectivity index is 2.41. The van der Waals surface area contributed by atoms with Gasteiger partial charge in [-0.05, 0) is 13.5 Å². The lowest BCUT2D eigenvalue weighted by atomic mass is 10.2. The summed E-state index contributed by atoms with van der Waals surface area (Å²) in [5.41, 5.74) is 0. The van der Waals surface area contributed by atoms with Gasteiger partial charge >= 0.3 is 0 Å². The number of rotatable bonds is 4. The summed E-state index contributed by atoms with van der Waals surface area (Å²) in [5, 5.41) is 3.04. The van der Waals surface area contributed by atoms with Gasteiger partial charge in [0.25, 0.3) is 0 Å². The zero-order chi connectivity index (χ0) is 9.19. The van der Waals surface area contributed by atoms with Gasteiger partial charge in [-0.25, -0.2) is 8.42 Å². The standard InChI is InChI=1S/C7H16N2O2S/c1-3-4-12(10,11)9-5-7(6-9)8-2/h7-8H,3-6H2,1-2H3. The fraction of sp³-hybridized carbons (Fsp3) is 1.00. The molecular formula is C7H16N2O2S. The van der Waals surface area contributed by atoms with Crippen molar-refractivity contribution in [2.75, 3.05) is 25.9 Å². The second kappa shape index (κ2) is 3.72. The molecule has 1 N–H and O–H groups in total. The van der Waals surface area contributed by atoms with E-state index >= 15 is 0 Å². The largest absolute Gasteiger partial charge is 0.314 e. The molecule has 1 rings (SSSR count). The molecule has 4 nitrogen and oxygen atoms in total. The van der Waals surface area contributed by atoms with Crippen LogP contribution in [0.25, 0.3) is 0 Å². The summed E-state index contributed by atoms with van der Waals surface area (Å²) in [5.74, 6) is 0.281. The van der Waals surface area contributed by atoms with Gasteiger partial charge in [0.2, 0.25) is 10.0 Å². The van der Waals surface area contributed by atoms with E-state index in [1.807, 2.05) is 14.0 Å². The Bertz CT molecular complexity index is 232. The molecule has 1 fully saturated rings. The van der Waals surface area contributed by atoms with Crippen LogP contribution in [0.5, 0.6) is 0 Å². The van der Waals surface area contributed by atoms with Gasteiger partial charge in [-0.2, -0.15) is 4.31 Å². The maximum absolute atomic E-state index is 11.4. The minimum absolute atomic E-state index is 0.281. The maximum Gasteiger partial charge on any atom is 0.214 e. The van der Waals surface area contributed by atoms with E-state index in [1.54, 1.807) is 0 Å². The lowest BCUT2D eigenvalue weighted by Crippen LogP contribution is -2.59. The lowest BCUT2D eigenvalue weighted by Gasteiger charge is -2.37. The van der Waals surface area contributed by atoms with Crippen LogP contribution >= 0.6 is 0 Å². The zero-order valence-corrected chi connectivity index (χ0v) is 8.39. The molecule has 0 aromatic carbocycles. The number of likely N-dealkylation sites (N-methyl/N-ethyl adjacent to an activating group) is 1. The first-order chi connectivity index (χ1) is 5.60. The van der Waals surface area contributed by atoms with Gasteiger partial charge in [-0.15, -0.1) is 0 Å². The van der Waals surface area contributed by atoms with Crippen molar-refractivity contribution in [3.63, 3.8) is 0 Å². The molecule has 0 saturated carbocycles. The third kappa shape index (κ3) is 1.97. The van der Waals surface area contributed by atoms with Crippen molar-refractivity contribution in [1.29, 1.82) is 0 Å². The molecule has 1 saturated heterocycles. The zero-order valence-electron chi connectivity index (χ0n) is 7.58. The summed E-state index contributed by atoms with van der Waals surface area (Å²) in [7, 11) is -1.07. The molecule has 0 aromatic rings. The van der Waals surface area contributed by atoms with Crippen LogP contribution in [0.1, 0.15) is 13.3 Å². The van der Waals surface area contributed by atoms with Crippen LogP contribution in [0, 0.1) is 0 Å². The number of hydrogen-bond acceptors (Lipinski definition) is 3. The Hall–Kier alpha value is -0.130. The predicted octanol–water partition coefficient (Wildman–Crippen LogP) is -0.370. The molecule has 0 radical (unpaired) electrons. The Morgan fingerprint density at radius 1 is 1.50 bits per heavy atom. The van der Waals surface area contributed by atoms with E-state index in [1.165, 1.54) is 4.31 Å². The molecule has 0 aliphatic carbocycles. The minimum atomic E-state index is -2.92. The molecule has 0 atom stereocenters. The molecule has 1 aliphatic rings. The van der Waals surface area contributed by atoms with Crippen LogP contribution in [-0.2, 0) is 10.0 Å². The average Bonchev–Trinajstić information content (AvgIpc) is 1.83. The number of hydrogen-bond donors (Lipinski definition) is 1. The molecule has 0 spiro atoms. The van der Waals surface area contributed by atoms with Crippen molar-refractivity contribution in [3.05, 3.63) is 0 Å². The molecule has 0 amide bonds. The Kier molecular flexibility index (Phi) is 3.09. The summed E-state index contributed by atoms with van der Waals surface area (Å²) in [4.78, 5) is 0. The van der Waals surface area contributed by atoms with Crippen LogP contribution in [0.2, 0.25) is 0 Å². The molecule has 1 aliphatic heterocycles. The van der Waals surface area contributed by atoms with Gasteiger partial charge in [0, 0.05) is 19.1 Å². The number of sulfonamides is 1. The van der Waals surface area contributed by atoms with Crippen molar-refractivity contribution in [1.82, 2.24) is 9.62 Å². The van der Waals surface area contributed by atoms with E-state index in [-0.39, 0.29) is 5.75 Å². The molecule has 0 bridgehead atoms. The Morgan fingerprint density at radius 3 is 2.50 bits per heavy atom. The second-order valence-corrected chi connectivity index (χ2v) is 5.21. The first-order valence-electron chi connectivity index (χ1n) is 4.25. The third-order valence-electron chi connectivity index (χ3n) is 2.11. The topological polar surface area (TPSA) is 49.4 Å². The lowest BCUT2D eigenvalue weighted by molar-refractivity contribution is 0.237. The van der Waals surface area contributed by atoms with Crippen LogP contribution in [0.4, 0.5) is 0 Å². The second-order valence-electron chi connectivity index (χ2n) is 3.12. The van der Waals surface area contributed by atoms with Crippen LogP contribution in [0.15, 0.2) is 0 Å². The van der Waals surface area contributed by atoms with E-state index in [2.05, 4.69) is 5.32 Å². The summed E-state index contributed by atoms with van der Waals surface area (Å²) in [6.07, 6.45) is 0.697. The van der Waals surface area contributed by atoms with Crippen LogP contribution in [0.3, 0.4) is 0 Å². The normalized spacial score (nSPS) is 20.8. The first-order valence-corrected chi connectivity index (χ1v) is 5.86. The fourth-order valence-corrected chi connectivity index (χ4v) is 2.82. The highest BCUT2D eigenvalue weighted by Crippen LogP contribution is 2.13. The summed E-state index contributed by atoms with van der Waals surface area (Å²) >= 11 is 0. The van der Waals surface area contributed by atoms with Gasteiger partial charge in [0.1, 0.15) is 0 Å². The van der Waals surface area contributed by atoms with E-state index in [0.717, 1.165) is 0 Å². The van der Waals surface area contributed by atoms with Crippen molar-refractivity contribution >= 4 is 10.0 Å². The summed E-state index contributed by atoms with van der Waals surface area (Å²) in [6, 6.07) is 0.358. The Morgan fingerprint density at radius 2 is 2.08 bits per heavy atom. The first kappa shape index (κ1) is 9.95. The third-order valence-corrected chi connectivity index (χ3v) is 4.12. The molecule has 0 unspecified atom stereocenters. The molecule has 72 valence electrons. The quantitative estimate of drug-likeness (QED) is 0.661. The van der Waals surface area contributed by atoms with Crippen molar-refractivity contribution in [2.45, 2.75) is 19.4 Å². The van der Waals surface area contributed by atoms with Gasteiger partial charge in [-0.1, -0.05) is 6.92 Å². The van der Waals surface area contributed by atoms with Gasteiger partial charge in [-0.3, -0.25) is 0 Å². The molecule has 1 heterocycles. The Labute approximate surface area is 74.0 Å². The fourth-order valence-electron chi connectivity index (χ4n) is 1.23. The average molecular weight is 192 g/mol. The summed E-state index contributed by atoms with van der Waals surface area (Å²) in [6.45, 7) is 3.16. The molecule has 5 heteroatoms. The maximum atomic E-state index is 11.4. The molecular weight excluding hydrogens is 176 g/mol. The van der Waals surface area contributed by atoms with Gasteiger partial charge < -0.3 is 5.32 Å². The van der Waals surface area contributed by atoms with Crippen molar-refractivity contribution in [3.8, 4) is 0 Å². The van der Waals surface area contributed by atoms with Crippen molar-refractivity contribution in [2.24, 2.45) is 0 Å². The van der Waals surface area contributed by atoms with E-state index in [9.17, 15) is 8.42 Å². The number of nitrogens with one attached hydrogen (secondary N) is 1. The van der Waals surface area contributed by atoms with Gasteiger partial charge in [0.15, 0.2) is 0 Å². The van der Waals surface area contributed by atoms with Crippen LogP contribution < -0.4 is 5.32 Å². The van der Waals surface area contributed by atoms with Crippen LogP contribution in [-0.4, -0.2) is 44.7 Å². The van der Waals surface area contributed by atoms with Crippen molar-refractivity contribution < 1.29 is 8.42 Å². The predicted molar refractivity (Wildman–Crippen MR) is 48.5 cm³/mol. The van der Waals surface area contributed by atoms with E-state index < -0.39 is 10.0 Å². The van der Waals surface area contributed by atoms with E-state index in [4.69, 9.17) is 0 Å². The minimum Gasteiger partial charge on any atom is -0.314 e. The monoisotopic (exact) mass is 192 g/mol. The summed E-state index contributed by atoms with van der Waals surface area (Å²) < 4.78 is 24.3.